The molecule has 0 radical (unpaired) electrons. The Morgan fingerprint density at radius 3 is 2.46 bits per heavy atom. The second-order valence-corrected chi connectivity index (χ2v) is 14.3. The van der Waals surface area contributed by atoms with Crippen molar-refractivity contribution in [1.82, 2.24) is 50.9 Å². The highest BCUT2D eigenvalue weighted by Crippen LogP contribution is 2.29. The van der Waals surface area contributed by atoms with Crippen LogP contribution >= 0.6 is 0 Å². The molecule has 3 aliphatic rings. The molecule has 17 heteroatoms. The third kappa shape index (κ3) is 9.23. The second kappa shape index (κ2) is 17.6. The summed E-state index contributed by atoms with van der Waals surface area (Å²) in [4.78, 5) is 76.6. The van der Waals surface area contributed by atoms with Crippen LogP contribution in [0.4, 0.5) is 4.79 Å². The van der Waals surface area contributed by atoms with Gasteiger partial charge in [-0.1, -0.05) is 19.4 Å². The van der Waals surface area contributed by atoms with Crippen molar-refractivity contribution in [2.24, 2.45) is 0 Å². The van der Waals surface area contributed by atoms with E-state index in [4.69, 9.17) is 9.47 Å². The number of ether oxygens (including phenoxy) is 2. The lowest BCUT2D eigenvalue weighted by Crippen LogP contribution is -2.56. The Morgan fingerprint density at radius 2 is 1.76 bits per heavy atom. The monoisotopic (exact) mass is 746 g/mol. The topological polar surface area (TPSA) is 205 Å². The quantitative estimate of drug-likeness (QED) is 0.204. The number of likely N-dealkylation sites (tertiary alicyclic amines) is 1. The Bertz CT molecular complexity index is 1810. The van der Waals surface area contributed by atoms with E-state index < -0.39 is 30.2 Å². The van der Waals surface area contributed by atoms with Gasteiger partial charge < -0.3 is 34.8 Å². The van der Waals surface area contributed by atoms with Gasteiger partial charge in [0.15, 0.2) is 6.10 Å². The molecule has 0 bridgehead atoms. The van der Waals surface area contributed by atoms with Crippen molar-refractivity contribution in [2.75, 3.05) is 39.3 Å². The van der Waals surface area contributed by atoms with Crippen LogP contribution in [-0.2, 0) is 25.5 Å². The number of aryl methyl sites for hydroxylation is 2. The molecule has 2 saturated heterocycles. The number of amides is 5. The van der Waals surface area contributed by atoms with Crippen molar-refractivity contribution >= 4 is 40.6 Å². The fourth-order valence-corrected chi connectivity index (χ4v) is 6.93. The third-order valence-electron chi connectivity index (χ3n) is 10.3. The Hall–Kier alpha value is -5.35. The second-order valence-electron chi connectivity index (χ2n) is 14.3. The molecule has 2 aliphatic heterocycles. The number of piperazine rings is 1. The summed E-state index contributed by atoms with van der Waals surface area (Å²) in [7, 11) is 0. The fraction of sp³-hybridized carbons (Fsp3) is 0.595. The minimum absolute atomic E-state index is 0.000417. The number of carbonyl (C=O) groups excluding carboxylic acids is 5. The van der Waals surface area contributed by atoms with Crippen LogP contribution in [0.3, 0.4) is 0 Å². The van der Waals surface area contributed by atoms with Gasteiger partial charge in [-0.05, 0) is 86.9 Å². The number of nitrogens with one attached hydrogen (secondary N) is 3. The van der Waals surface area contributed by atoms with Crippen LogP contribution in [-0.4, -0.2) is 134 Å². The summed E-state index contributed by atoms with van der Waals surface area (Å²) in [6, 6.07) is 5.67. The lowest BCUT2D eigenvalue weighted by Gasteiger charge is -2.36. The highest BCUT2D eigenvalue weighted by Gasteiger charge is 2.38. The van der Waals surface area contributed by atoms with E-state index in [0.717, 1.165) is 44.1 Å². The van der Waals surface area contributed by atoms with Gasteiger partial charge in [-0.15, -0.1) is 5.10 Å². The van der Waals surface area contributed by atoms with Crippen LogP contribution in [0.25, 0.3) is 10.9 Å². The van der Waals surface area contributed by atoms with Gasteiger partial charge in [0.05, 0.1) is 12.1 Å². The summed E-state index contributed by atoms with van der Waals surface area (Å²) in [5.74, 6) is -0.636. The van der Waals surface area contributed by atoms with Gasteiger partial charge in [-0.2, -0.15) is 0 Å². The summed E-state index contributed by atoms with van der Waals surface area (Å²) in [6.45, 7) is 7.51. The van der Waals surface area contributed by atoms with Gasteiger partial charge in [0, 0.05) is 56.6 Å². The average Bonchev–Trinajstić information content (AvgIpc) is 3.87. The number of H-pyrrole nitrogens is 1. The predicted octanol–water partition coefficient (Wildman–Crippen LogP) is 2.30. The summed E-state index contributed by atoms with van der Waals surface area (Å²) in [6.07, 6.45) is 5.11. The number of carbonyl (C=O) groups is 5. The van der Waals surface area contributed by atoms with Crippen LogP contribution in [0.2, 0.25) is 0 Å². The maximum atomic E-state index is 14.0. The van der Waals surface area contributed by atoms with E-state index in [0.29, 0.717) is 49.4 Å². The first kappa shape index (κ1) is 38.4. The minimum atomic E-state index is -0.969. The number of fused-ring (bicyclic) bond motifs is 1. The predicted molar refractivity (Wildman–Crippen MR) is 195 cm³/mol. The van der Waals surface area contributed by atoms with Gasteiger partial charge in [0.1, 0.15) is 29.4 Å². The Morgan fingerprint density at radius 1 is 0.981 bits per heavy atom. The zero-order chi connectivity index (χ0) is 38.2. The molecule has 0 spiro atoms. The van der Waals surface area contributed by atoms with Crippen molar-refractivity contribution in [2.45, 2.75) is 103 Å². The van der Waals surface area contributed by atoms with Crippen LogP contribution in [0.1, 0.15) is 87.1 Å². The lowest BCUT2D eigenvalue weighted by atomic mass is 9.93. The van der Waals surface area contributed by atoms with E-state index >= 15 is 0 Å². The normalized spacial score (nSPS) is 18.5. The molecule has 4 heterocycles. The molecule has 3 fully saturated rings. The summed E-state index contributed by atoms with van der Waals surface area (Å²) in [5, 5.41) is 20.4. The maximum absolute atomic E-state index is 14.0. The standard InChI is InChI=1S/C37H50N10O7/c1-4-5-20-53-37(52)46-18-16-45(17-19-46)36(51)27(13-14-32-41-43-44-42-32)40-33(48)29-22-31(26-12-11-23(2)21-28(26)39-29)54-24(3)35(50)47-15-7-10-30(47)34(49)38-25-8-6-9-25/h11-12,21-22,24-25,27,30H,4-10,13-20H2,1-3H3,(H,38,49)(H,40,48)(H,41,42,43,44)/t24-,27?,30?/m0/s1. The van der Waals surface area contributed by atoms with Crippen molar-refractivity contribution in [3.05, 3.63) is 41.3 Å². The van der Waals surface area contributed by atoms with E-state index in [-0.39, 0.29) is 61.1 Å². The van der Waals surface area contributed by atoms with E-state index in [1.807, 2.05) is 32.0 Å². The van der Waals surface area contributed by atoms with Crippen LogP contribution < -0.4 is 15.4 Å². The number of pyridine rings is 1. The number of tetrazole rings is 1. The Labute approximate surface area is 313 Å². The highest BCUT2D eigenvalue weighted by atomic mass is 16.6. The number of benzene rings is 1. The summed E-state index contributed by atoms with van der Waals surface area (Å²) < 4.78 is 11.6. The van der Waals surface area contributed by atoms with E-state index in [1.54, 1.807) is 21.6 Å². The molecular formula is C37H50N10O7. The molecule has 6 rings (SSSR count). The average molecular weight is 747 g/mol. The van der Waals surface area contributed by atoms with Gasteiger partial charge in [-0.25, -0.2) is 14.9 Å². The van der Waals surface area contributed by atoms with E-state index in [2.05, 4.69) is 36.2 Å². The molecule has 2 unspecified atom stereocenters. The number of nitrogens with zero attached hydrogens (tertiary/aromatic N) is 7. The SMILES string of the molecule is CCCCOC(=O)N1CCN(C(=O)C(CCc2nnn[nH]2)NC(=O)c2cc(O[C@@H](C)C(=O)N3CCCC3C(=O)NC3CCC3)c3ccc(C)cc3n2)CC1. The smallest absolute Gasteiger partial charge is 0.409 e. The summed E-state index contributed by atoms with van der Waals surface area (Å²) in [5.41, 5.74) is 1.39. The lowest BCUT2D eigenvalue weighted by molar-refractivity contribution is -0.143. The van der Waals surface area contributed by atoms with E-state index in [9.17, 15) is 24.0 Å². The fourth-order valence-electron chi connectivity index (χ4n) is 6.93. The molecular weight excluding hydrogens is 696 g/mol. The van der Waals surface area contributed by atoms with Gasteiger partial charge in [-0.3, -0.25) is 19.2 Å². The highest BCUT2D eigenvalue weighted by molar-refractivity contribution is 5.99. The van der Waals surface area contributed by atoms with Gasteiger partial charge >= 0.3 is 6.09 Å². The number of aromatic amines is 1. The first-order valence-corrected chi connectivity index (χ1v) is 19.0. The molecule has 3 atom stereocenters. The van der Waals surface area contributed by atoms with Crippen molar-refractivity contribution in [3.63, 3.8) is 0 Å². The molecule has 1 aromatic carbocycles. The molecule has 54 heavy (non-hydrogen) atoms. The van der Waals surface area contributed by atoms with Crippen LogP contribution in [0.15, 0.2) is 24.3 Å². The first-order chi connectivity index (χ1) is 26.1. The molecule has 5 amide bonds. The van der Waals surface area contributed by atoms with Crippen molar-refractivity contribution < 1.29 is 33.4 Å². The maximum Gasteiger partial charge on any atom is 0.409 e. The molecule has 1 saturated carbocycles. The zero-order valence-corrected chi connectivity index (χ0v) is 31.2. The molecule has 1 aliphatic carbocycles. The number of hydrogen-bond acceptors (Lipinski definition) is 11. The van der Waals surface area contributed by atoms with Crippen molar-refractivity contribution in [3.8, 4) is 5.75 Å². The van der Waals surface area contributed by atoms with Gasteiger partial charge in [0.2, 0.25) is 11.8 Å². The third-order valence-corrected chi connectivity index (χ3v) is 10.3. The number of rotatable bonds is 14. The molecule has 2 aromatic heterocycles. The molecule has 290 valence electrons. The summed E-state index contributed by atoms with van der Waals surface area (Å²) >= 11 is 0. The first-order valence-electron chi connectivity index (χ1n) is 19.0. The number of unbranched alkanes of at least 4 members (excludes halogenated alkanes) is 1. The molecule has 17 nitrogen and oxygen atoms in total. The molecule has 3 aromatic rings. The zero-order valence-electron chi connectivity index (χ0n) is 31.2. The molecule has 3 N–H and O–H groups in total. The van der Waals surface area contributed by atoms with Crippen LogP contribution in [0, 0.1) is 6.92 Å². The minimum Gasteiger partial charge on any atom is -0.480 e. The van der Waals surface area contributed by atoms with Crippen molar-refractivity contribution in [1.29, 1.82) is 0 Å². The Balaban J connectivity index is 1.17. The number of hydrogen-bond donors (Lipinski definition) is 3. The van der Waals surface area contributed by atoms with E-state index in [1.165, 1.54) is 6.07 Å². The Kier molecular flexibility index (Phi) is 12.5. The largest absolute Gasteiger partial charge is 0.480 e. The van der Waals surface area contributed by atoms with Crippen LogP contribution in [0.5, 0.6) is 5.75 Å². The number of aromatic nitrogens is 5. The van der Waals surface area contributed by atoms with Gasteiger partial charge in [0.25, 0.3) is 11.8 Å².